The number of halogens is 3. The first-order valence-corrected chi connectivity index (χ1v) is 18.5. The SMILES string of the molecule is COc1ccc([C@@]23C(=O)N(Nc4ccc(Cl)cc4Cl)C(=O)[C@@H]2C[C@@H]2C(=CC[C@@H]4C(=O)N(c5ccc(C)c(Cl)c5)C(=O)[C@@H]42)[C@@H]3c2ccc(OC)cc2O)cc1. The standard InChI is InChI=1S/C41H34Cl3N3O7/c1-20-4-8-23(17-31(20)43)46-37(49)28-14-13-26-29(35(28)39(46)51)19-30-38(50)47(45-33-15-7-22(42)16-32(33)44)40(52)41(30,21-5-9-24(53-2)10-6-21)36(26)27-12-11-25(54-3)18-34(27)48/h4-13,15-18,28-30,35-36,45,48H,14,19H2,1-3H3/t28-,29+,30-,35-,36+,41+/m0/s1. The summed E-state index contributed by atoms with van der Waals surface area (Å²) in [7, 11) is 3.01. The van der Waals surface area contributed by atoms with Crippen molar-refractivity contribution in [2.75, 3.05) is 24.5 Å². The lowest BCUT2D eigenvalue weighted by atomic mass is 9.49. The number of nitrogens with one attached hydrogen (secondary N) is 1. The van der Waals surface area contributed by atoms with E-state index >= 15 is 4.79 Å². The zero-order valence-corrected chi connectivity index (χ0v) is 31.6. The summed E-state index contributed by atoms with van der Waals surface area (Å²) < 4.78 is 10.9. The highest BCUT2D eigenvalue weighted by Gasteiger charge is 2.70. The molecule has 0 aromatic heterocycles. The smallest absolute Gasteiger partial charge is 0.260 e. The number of hydrazine groups is 1. The molecule has 2 heterocycles. The number of hydrogen-bond donors (Lipinski definition) is 2. The highest BCUT2D eigenvalue weighted by atomic mass is 35.5. The molecule has 2 saturated heterocycles. The van der Waals surface area contributed by atoms with Crippen molar-refractivity contribution in [2.45, 2.75) is 31.1 Å². The number of phenols is 1. The first kappa shape index (κ1) is 36.0. The van der Waals surface area contributed by atoms with E-state index in [1.54, 1.807) is 66.7 Å². The van der Waals surface area contributed by atoms with E-state index in [1.165, 1.54) is 31.3 Å². The number of phenolic OH excluding ortho intramolecular Hbond substituents is 1. The first-order valence-electron chi connectivity index (χ1n) is 17.4. The lowest BCUT2D eigenvalue weighted by Gasteiger charge is -2.50. The van der Waals surface area contributed by atoms with Crippen LogP contribution in [0.2, 0.25) is 15.1 Å². The molecule has 2 aliphatic carbocycles. The molecule has 10 nitrogen and oxygen atoms in total. The third-order valence-electron chi connectivity index (χ3n) is 11.5. The van der Waals surface area contributed by atoms with Crippen LogP contribution in [0.25, 0.3) is 0 Å². The van der Waals surface area contributed by atoms with E-state index in [2.05, 4.69) is 5.43 Å². The molecule has 4 aromatic carbocycles. The van der Waals surface area contributed by atoms with E-state index in [1.807, 2.05) is 13.0 Å². The predicted octanol–water partition coefficient (Wildman–Crippen LogP) is 7.87. The molecule has 4 amide bonds. The lowest BCUT2D eigenvalue weighted by molar-refractivity contribution is -0.138. The minimum atomic E-state index is -1.63. The van der Waals surface area contributed by atoms with Crippen LogP contribution in [0.15, 0.2) is 90.5 Å². The Bertz CT molecular complexity index is 2300. The molecule has 276 valence electrons. The molecule has 4 aromatic rings. The van der Waals surface area contributed by atoms with Crippen LogP contribution in [0.5, 0.6) is 17.2 Å². The van der Waals surface area contributed by atoms with Crippen molar-refractivity contribution < 1.29 is 33.8 Å². The Kier molecular flexibility index (Phi) is 8.91. The number of rotatable bonds is 7. The molecule has 0 bridgehead atoms. The molecule has 6 atom stereocenters. The fourth-order valence-corrected chi connectivity index (χ4v) is 9.68. The largest absolute Gasteiger partial charge is 0.508 e. The molecule has 2 aliphatic heterocycles. The molecule has 0 unspecified atom stereocenters. The number of carbonyl (C=O) groups excluding carboxylic acids is 4. The molecule has 3 fully saturated rings. The number of anilines is 2. The summed E-state index contributed by atoms with van der Waals surface area (Å²) in [4.78, 5) is 60.2. The zero-order valence-electron chi connectivity index (χ0n) is 29.3. The van der Waals surface area contributed by atoms with E-state index < -0.39 is 52.7 Å². The number of allylic oxidation sites excluding steroid dienone is 2. The van der Waals surface area contributed by atoms with Crippen molar-refractivity contribution in [1.82, 2.24) is 5.01 Å². The van der Waals surface area contributed by atoms with Gasteiger partial charge >= 0.3 is 0 Å². The number of aromatic hydroxyl groups is 1. The number of ether oxygens (including phenoxy) is 2. The molecule has 54 heavy (non-hydrogen) atoms. The number of nitrogens with zero attached hydrogens (tertiary/aromatic N) is 2. The minimum absolute atomic E-state index is 0.0606. The number of hydrogen-bond acceptors (Lipinski definition) is 8. The van der Waals surface area contributed by atoms with E-state index in [4.69, 9.17) is 44.3 Å². The number of carbonyl (C=O) groups is 4. The molecule has 0 spiro atoms. The van der Waals surface area contributed by atoms with Gasteiger partial charge in [-0.3, -0.25) is 24.6 Å². The van der Waals surface area contributed by atoms with Crippen LogP contribution in [-0.2, 0) is 24.6 Å². The summed E-state index contributed by atoms with van der Waals surface area (Å²) >= 11 is 19.2. The van der Waals surface area contributed by atoms with Gasteiger partial charge in [0.15, 0.2) is 0 Å². The molecule has 0 radical (unpaired) electrons. The molecule has 8 rings (SSSR count). The van der Waals surface area contributed by atoms with E-state index in [0.717, 1.165) is 10.6 Å². The molecule has 1 saturated carbocycles. The summed E-state index contributed by atoms with van der Waals surface area (Å²) in [6.07, 6.45) is 2.19. The third kappa shape index (κ3) is 5.29. The Hall–Kier alpha value is -5.03. The van der Waals surface area contributed by atoms with Gasteiger partial charge in [0.25, 0.3) is 11.8 Å². The zero-order chi connectivity index (χ0) is 38.2. The van der Waals surface area contributed by atoms with Crippen molar-refractivity contribution in [3.8, 4) is 17.2 Å². The van der Waals surface area contributed by atoms with Crippen LogP contribution in [0.1, 0.15) is 35.4 Å². The van der Waals surface area contributed by atoms with Gasteiger partial charge in [-0.1, -0.05) is 70.7 Å². The number of methoxy groups -OCH3 is 2. The second-order valence-electron chi connectivity index (χ2n) is 14.1. The first-order chi connectivity index (χ1) is 25.9. The summed E-state index contributed by atoms with van der Waals surface area (Å²) in [6, 6.07) is 21.5. The van der Waals surface area contributed by atoms with Gasteiger partial charge in [-0.05, 0) is 85.3 Å². The lowest BCUT2D eigenvalue weighted by Crippen LogP contribution is -2.53. The topological polar surface area (TPSA) is 125 Å². The molecule has 13 heteroatoms. The van der Waals surface area contributed by atoms with Gasteiger partial charge in [-0.15, -0.1) is 0 Å². The third-order valence-corrected chi connectivity index (χ3v) is 12.5. The van der Waals surface area contributed by atoms with E-state index in [0.29, 0.717) is 43.9 Å². The average Bonchev–Trinajstić information content (AvgIpc) is 3.54. The van der Waals surface area contributed by atoms with Gasteiger partial charge in [-0.2, -0.15) is 5.01 Å². The minimum Gasteiger partial charge on any atom is -0.508 e. The highest BCUT2D eigenvalue weighted by Crippen LogP contribution is 2.65. The van der Waals surface area contributed by atoms with Gasteiger partial charge < -0.3 is 14.6 Å². The number of aryl methyl sites for hydroxylation is 1. The Labute approximate surface area is 326 Å². The second kappa shape index (κ2) is 13.4. The maximum Gasteiger partial charge on any atom is 0.260 e. The fourth-order valence-electron chi connectivity index (χ4n) is 9.06. The Balaban J connectivity index is 1.34. The number of amides is 4. The van der Waals surface area contributed by atoms with Crippen LogP contribution in [0.3, 0.4) is 0 Å². The maximum atomic E-state index is 15.4. The monoisotopic (exact) mass is 785 g/mol. The fraction of sp³-hybridized carbons (Fsp3) is 0.268. The van der Waals surface area contributed by atoms with E-state index in [9.17, 15) is 19.5 Å². The van der Waals surface area contributed by atoms with Gasteiger partial charge in [-0.25, -0.2) is 4.90 Å². The normalized spacial score (nSPS) is 26.0. The quantitative estimate of drug-likeness (QED) is 0.143. The summed E-state index contributed by atoms with van der Waals surface area (Å²) in [5.41, 5.74) is 4.32. The summed E-state index contributed by atoms with van der Waals surface area (Å²) in [6.45, 7) is 1.83. The Morgan fingerprint density at radius 1 is 0.796 bits per heavy atom. The number of imide groups is 2. The van der Waals surface area contributed by atoms with Crippen LogP contribution < -0.4 is 19.8 Å². The van der Waals surface area contributed by atoms with Gasteiger partial charge in [0.2, 0.25) is 11.8 Å². The van der Waals surface area contributed by atoms with E-state index in [-0.39, 0.29) is 35.2 Å². The summed E-state index contributed by atoms with van der Waals surface area (Å²) in [5.74, 6) is -5.36. The van der Waals surface area contributed by atoms with Crippen molar-refractivity contribution in [3.63, 3.8) is 0 Å². The summed E-state index contributed by atoms with van der Waals surface area (Å²) in [5, 5.41) is 13.7. The van der Waals surface area contributed by atoms with Crippen molar-refractivity contribution in [1.29, 1.82) is 0 Å². The van der Waals surface area contributed by atoms with Crippen LogP contribution >= 0.6 is 34.8 Å². The Morgan fingerprint density at radius 2 is 1.52 bits per heavy atom. The molecule has 4 aliphatic rings. The van der Waals surface area contributed by atoms with Gasteiger partial charge in [0.1, 0.15) is 17.2 Å². The highest BCUT2D eigenvalue weighted by molar-refractivity contribution is 6.36. The number of benzene rings is 4. The van der Waals surface area contributed by atoms with Gasteiger partial charge in [0, 0.05) is 27.6 Å². The van der Waals surface area contributed by atoms with Crippen LogP contribution in [0.4, 0.5) is 11.4 Å². The van der Waals surface area contributed by atoms with Crippen LogP contribution in [0, 0.1) is 30.6 Å². The predicted molar refractivity (Wildman–Crippen MR) is 204 cm³/mol. The Morgan fingerprint density at radius 3 is 2.19 bits per heavy atom. The van der Waals surface area contributed by atoms with Crippen LogP contribution in [-0.4, -0.2) is 48.0 Å². The second-order valence-corrected chi connectivity index (χ2v) is 15.3. The molecule has 2 N–H and O–H groups in total. The average molecular weight is 787 g/mol. The maximum absolute atomic E-state index is 15.4. The van der Waals surface area contributed by atoms with Crippen molar-refractivity contribution >= 4 is 69.8 Å². The van der Waals surface area contributed by atoms with Crippen molar-refractivity contribution in [3.05, 3.63) is 122 Å². The number of fused-ring (bicyclic) bond motifs is 4. The molecular formula is C41H34Cl3N3O7. The van der Waals surface area contributed by atoms with Crippen molar-refractivity contribution in [2.24, 2.45) is 23.7 Å². The van der Waals surface area contributed by atoms with Gasteiger partial charge in [0.05, 0.1) is 53.8 Å². The molecular weight excluding hydrogens is 753 g/mol.